The van der Waals surface area contributed by atoms with Gasteiger partial charge < -0.3 is 13.3 Å². The molecule has 0 atom stereocenters. The minimum absolute atomic E-state index is 0.357. The third-order valence-electron chi connectivity index (χ3n) is 1.96. The van der Waals surface area contributed by atoms with Gasteiger partial charge in [0.2, 0.25) is 0 Å². The summed E-state index contributed by atoms with van der Waals surface area (Å²) in [6.45, 7) is 3.45. The maximum atomic E-state index is 11.2. The predicted octanol–water partition coefficient (Wildman–Crippen LogP) is 0.522. The minimum Gasteiger partial charge on any atom is -0.452 e. The Labute approximate surface area is 111 Å². The molecule has 0 bridgehead atoms. The molecule has 0 unspecified atom stereocenters. The molecule has 0 fully saturated rings. The van der Waals surface area contributed by atoms with E-state index in [0.29, 0.717) is 5.19 Å². The first-order chi connectivity index (χ1) is 8.85. The van der Waals surface area contributed by atoms with Gasteiger partial charge in [-0.05, 0) is 0 Å². The van der Waals surface area contributed by atoms with E-state index in [0.717, 1.165) is 20.8 Å². The molecule has 0 aliphatic carbocycles. The van der Waals surface area contributed by atoms with E-state index in [1.807, 2.05) is 0 Å². The zero-order valence-corrected chi connectivity index (χ0v) is 11.8. The summed E-state index contributed by atoms with van der Waals surface area (Å²) in [6, 6.07) is 8.20. The molecule has 0 saturated heterocycles. The van der Waals surface area contributed by atoms with Crippen molar-refractivity contribution in [2.75, 3.05) is 0 Å². The Hall–Kier alpha value is -2.15. The first-order valence-electron chi connectivity index (χ1n) is 5.50. The number of carbonyl (C=O) groups excluding carboxylic acids is 3. The maximum absolute atomic E-state index is 11.2. The lowest BCUT2D eigenvalue weighted by atomic mass is 10.4. The molecule has 19 heavy (non-hydrogen) atoms. The molecule has 1 aromatic rings. The molecular weight excluding hydrogens is 268 g/mol. The molecule has 0 aromatic heterocycles. The van der Waals surface area contributed by atoms with E-state index in [1.165, 1.54) is 0 Å². The van der Waals surface area contributed by atoms with E-state index in [1.54, 1.807) is 30.3 Å². The average molecular weight is 282 g/mol. The van der Waals surface area contributed by atoms with Crippen molar-refractivity contribution < 1.29 is 27.7 Å². The quantitative estimate of drug-likeness (QED) is 0.749. The van der Waals surface area contributed by atoms with Crippen LogP contribution in [0.2, 0.25) is 0 Å². The summed E-state index contributed by atoms with van der Waals surface area (Å²) in [7, 11) is -3.91. The first kappa shape index (κ1) is 14.9. The summed E-state index contributed by atoms with van der Waals surface area (Å²) in [4.78, 5) is 33.7. The molecule has 0 heterocycles. The van der Waals surface area contributed by atoms with Crippen molar-refractivity contribution >= 4 is 31.9 Å². The second-order valence-electron chi connectivity index (χ2n) is 3.70. The van der Waals surface area contributed by atoms with Crippen molar-refractivity contribution in [2.24, 2.45) is 0 Å². The lowest BCUT2D eigenvalue weighted by Crippen LogP contribution is -2.59. The van der Waals surface area contributed by atoms with Crippen molar-refractivity contribution in [3.05, 3.63) is 30.3 Å². The number of hydrogen-bond acceptors (Lipinski definition) is 6. The Morgan fingerprint density at radius 3 is 1.47 bits per heavy atom. The number of benzene rings is 1. The Balaban J connectivity index is 3.28. The molecule has 1 rings (SSSR count). The van der Waals surface area contributed by atoms with Gasteiger partial charge in [-0.3, -0.25) is 14.4 Å². The summed E-state index contributed by atoms with van der Waals surface area (Å²) < 4.78 is 15.2. The van der Waals surface area contributed by atoms with Crippen molar-refractivity contribution in [3.8, 4) is 0 Å². The highest BCUT2D eigenvalue weighted by molar-refractivity contribution is 6.79. The first-order valence-corrected chi connectivity index (χ1v) is 7.22. The standard InChI is InChI=1S/C12H14O6Si/c1-9(13)16-19(17-10(2)14,18-11(3)15)12-7-5-4-6-8-12/h4-8H,1-3H3. The van der Waals surface area contributed by atoms with E-state index >= 15 is 0 Å². The van der Waals surface area contributed by atoms with E-state index in [2.05, 4.69) is 0 Å². The van der Waals surface area contributed by atoms with Crippen LogP contribution < -0.4 is 5.19 Å². The summed E-state index contributed by atoms with van der Waals surface area (Å²) in [5.41, 5.74) is 0. The van der Waals surface area contributed by atoms with Crippen LogP contribution in [0, 0.1) is 0 Å². The lowest BCUT2D eigenvalue weighted by Gasteiger charge is -2.26. The Kier molecular flexibility index (Phi) is 4.82. The highest BCUT2D eigenvalue weighted by Crippen LogP contribution is 2.12. The highest BCUT2D eigenvalue weighted by atomic mass is 28.4. The molecule has 0 saturated carbocycles. The van der Waals surface area contributed by atoms with Gasteiger partial charge in [0.05, 0.1) is 5.19 Å². The van der Waals surface area contributed by atoms with Gasteiger partial charge in [0.25, 0.3) is 17.9 Å². The van der Waals surface area contributed by atoms with Crippen molar-refractivity contribution in [2.45, 2.75) is 20.8 Å². The topological polar surface area (TPSA) is 78.9 Å². The van der Waals surface area contributed by atoms with Crippen molar-refractivity contribution in [1.82, 2.24) is 0 Å². The van der Waals surface area contributed by atoms with Crippen LogP contribution in [0.4, 0.5) is 0 Å². The van der Waals surface area contributed by atoms with Crippen LogP contribution in [-0.4, -0.2) is 26.7 Å². The molecule has 0 spiro atoms. The van der Waals surface area contributed by atoms with Gasteiger partial charge in [-0.1, -0.05) is 30.3 Å². The third kappa shape index (κ3) is 4.22. The monoisotopic (exact) mass is 282 g/mol. The van der Waals surface area contributed by atoms with Gasteiger partial charge in [-0.15, -0.1) is 0 Å². The molecule has 6 nitrogen and oxygen atoms in total. The Morgan fingerprint density at radius 1 is 0.789 bits per heavy atom. The normalized spacial score (nSPS) is 10.5. The fourth-order valence-corrected chi connectivity index (χ4v) is 3.66. The van der Waals surface area contributed by atoms with E-state index < -0.39 is 26.7 Å². The maximum Gasteiger partial charge on any atom is 0.742 e. The molecule has 1 aromatic carbocycles. The molecule has 7 heteroatoms. The summed E-state index contributed by atoms with van der Waals surface area (Å²) >= 11 is 0. The van der Waals surface area contributed by atoms with Crippen LogP contribution in [0.15, 0.2) is 30.3 Å². The van der Waals surface area contributed by atoms with Gasteiger partial charge in [0.1, 0.15) is 0 Å². The summed E-state index contributed by atoms with van der Waals surface area (Å²) in [6.07, 6.45) is 0. The van der Waals surface area contributed by atoms with E-state index in [-0.39, 0.29) is 0 Å². The van der Waals surface area contributed by atoms with Crippen molar-refractivity contribution in [3.63, 3.8) is 0 Å². The number of hydrogen-bond donors (Lipinski definition) is 0. The van der Waals surface area contributed by atoms with Crippen LogP contribution in [0.1, 0.15) is 20.8 Å². The smallest absolute Gasteiger partial charge is 0.452 e. The Morgan fingerprint density at radius 2 is 1.16 bits per heavy atom. The fraction of sp³-hybridized carbons (Fsp3) is 0.250. The SMILES string of the molecule is CC(=O)O[Si](OC(C)=O)(OC(C)=O)c1ccccc1. The van der Waals surface area contributed by atoms with Crippen molar-refractivity contribution in [1.29, 1.82) is 0 Å². The number of rotatable bonds is 4. The second-order valence-corrected chi connectivity index (χ2v) is 6.01. The molecule has 0 amide bonds. The molecule has 0 N–H and O–H groups in total. The third-order valence-corrected chi connectivity index (χ3v) is 4.67. The minimum atomic E-state index is -3.91. The van der Waals surface area contributed by atoms with E-state index in [9.17, 15) is 14.4 Å². The van der Waals surface area contributed by atoms with E-state index in [4.69, 9.17) is 13.3 Å². The predicted molar refractivity (Wildman–Crippen MR) is 67.1 cm³/mol. The van der Waals surface area contributed by atoms with Crippen LogP contribution in [0.25, 0.3) is 0 Å². The van der Waals surface area contributed by atoms with Crippen LogP contribution in [0.5, 0.6) is 0 Å². The molecule has 0 radical (unpaired) electrons. The zero-order chi connectivity index (χ0) is 14.5. The zero-order valence-electron chi connectivity index (χ0n) is 10.8. The fourth-order valence-electron chi connectivity index (χ4n) is 1.45. The summed E-state index contributed by atoms with van der Waals surface area (Å²) in [5, 5.41) is 0.357. The Bertz CT molecular complexity index is 443. The van der Waals surface area contributed by atoms with Gasteiger partial charge >= 0.3 is 8.80 Å². The second kappa shape index (κ2) is 6.14. The average Bonchev–Trinajstić information content (AvgIpc) is 2.27. The van der Waals surface area contributed by atoms with Gasteiger partial charge in [-0.25, -0.2) is 0 Å². The largest absolute Gasteiger partial charge is 0.742 e. The summed E-state index contributed by atoms with van der Waals surface area (Å²) in [5.74, 6) is -2.09. The molecular formula is C12H14O6Si. The van der Waals surface area contributed by atoms with Crippen LogP contribution in [-0.2, 0) is 27.7 Å². The lowest BCUT2D eigenvalue weighted by molar-refractivity contribution is -0.146. The molecule has 102 valence electrons. The van der Waals surface area contributed by atoms with Gasteiger partial charge in [-0.2, -0.15) is 0 Å². The van der Waals surface area contributed by atoms with Gasteiger partial charge in [0.15, 0.2) is 0 Å². The van der Waals surface area contributed by atoms with Gasteiger partial charge in [0, 0.05) is 20.8 Å². The molecule has 0 aliphatic heterocycles. The number of carbonyl (C=O) groups is 3. The molecule has 0 aliphatic rings. The van der Waals surface area contributed by atoms with Crippen LogP contribution in [0.3, 0.4) is 0 Å². The highest BCUT2D eigenvalue weighted by Gasteiger charge is 2.54. The van der Waals surface area contributed by atoms with Crippen LogP contribution >= 0.6 is 0 Å².